The molecule has 0 unspecified atom stereocenters. The van der Waals surface area contributed by atoms with Crippen molar-refractivity contribution in [1.82, 2.24) is 31.9 Å². The van der Waals surface area contributed by atoms with Crippen molar-refractivity contribution in [3.63, 3.8) is 0 Å². The normalized spacial score (nSPS) is 14.9. The molecule has 0 radical (unpaired) electrons. The van der Waals surface area contributed by atoms with Crippen LogP contribution in [0.1, 0.15) is 32.6 Å². The maximum atomic E-state index is 11.9. The van der Waals surface area contributed by atoms with Gasteiger partial charge in [-0.05, 0) is 32.9 Å². The van der Waals surface area contributed by atoms with Gasteiger partial charge in [0.2, 0.25) is 5.88 Å². The summed E-state index contributed by atoms with van der Waals surface area (Å²) in [6.07, 6.45) is 0.660. The number of carbonyl (C=O) groups is 1. The molecule has 26 heavy (non-hydrogen) atoms. The Labute approximate surface area is 150 Å². The number of benzene rings is 1. The zero-order valence-electron chi connectivity index (χ0n) is 14.7. The van der Waals surface area contributed by atoms with Crippen molar-refractivity contribution in [3.05, 3.63) is 42.4 Å². The Hall–Kier alpha value is -2.79. The lowest BCUT2D eigenvalue weighted by molar-refractivity contribution is 0.0636. The summed E-state index contributed by atoms with van der Waals surface area (Å²) >= 11 is 0. The Morgan fingerprint density at radius 1 is 1.15 bits per heavy atom. The van der Waals surface area contributed by atoms with Gasteiger partial charge in [0.05, 0.1) is 5.69 Å². The van der Waals surface area contributed by atoms with E-state index in [0.29, 0.717) is 23.0 Å². The summed E-state index contributed by atoms with van der Waals surface area (Å²) in [6, 6.07) is 8.65. The molecule has 1 fully saturated rings. The third-order valence-corrected chi connectivity index (χ3v) is 3.16. The molecule has 1 saturated heterocycles. The molecule has 10 nitrogen and oxygen atoms in total. The first-order valence-corrected chi connectivity index (χ1v) is 8.00. The fraction of sp³-hybridized carbons (Fsp3) is 0.312. The fourth-order valence-corrected chi connectivity index (χ4v) is 2.15. The minimum Gasteiger partial charge on any atom is -0.444 e. The molecular formula is C16H21N7O3. The largest absolute Gasteiger partial charge is 0.444 e. The van der Waals surface area contributed by atoms with E-state index in [1.54, 1.807) is 51.1 Å². The molecule has 0 aliphatic carbocycles. The highest BCUT2D eigenvalue weighted by Crippen LogP contribution is 2.24. The van der Waals surface area contributed by atoms with Crippen LogP contribution >= 0.6 is 0 Å². The predicted octanol–water partition coefficient (Wildman–Crippen LogP) is 1.73. The smallest absolute Gasteiger partial charge is 0.412 e. The average Bonchev–Trinajstić information content (AvgIpc) is 3.08. The number of hydrazine groups is 3. The third-order valence-electron chi connectivity index (χ3n) is 3.16. The molecule has 3 rings (SSSR count). The number of anilines is 1. The highest BCUT2D eigenvalue weighted by molar-refractivity contribution is 5.85. The molecule has 0 spiro atoms. The minimum atomic E-state index is -0.568. The molecule has 0 saturated carbocycles. The van der Waals surface area contributed by atoms with Crippen molar-refractivity contribution >= 4 is 11.8 Å². The molecule has 1 aromatic heterocycles. The molecule has 10 heteroatoms. The molecule has 138 valence electrons. The standard InChI is InChI=1S/C16H21N7O3/c1-16(2,3)26-15(24)19-10-5-4-6-11(7-10)25-13-8-12(17-9-18-13)14-20-22-23-21-14/h4-9,14,20-23H,1-3H3,(H,19,24). The lowest BCUT2D eigenvalue weighted by Gasteiger charge is -2.19. The summed E-state index contributed by atoms with van der Waals surface area (Å²) in [6.45, 7) is 5.41. The van der Waals surface area contributed by atoms with Crippen molar-refractivity contribution in [1.29, 1.82) is 0 Å². The Bertz CT molecular complexity index is 772. The van der Waals surface area contributed by atoms with E-state index in [0.717, 1.165) is 0 Å². The Balaban J connectivity index is 1.67. The minimum absolute atomic E-state index is 0.222. The highest BCUT2D eigenvalue weighted by atomic mass is 16.6. The number of nitrogens with one attached hydrogen (secondary N) is 5. The zero-order valence-corrected chi connectivity index (χ0v) is 14.7. The van der Waals surface area contributed by atoms with Crippen molar-refractivity contribution in [2.75, 3.05) is 5.32 Å². The van der Waals surface area contributed by atoms with Gasteiger partial charge in [0.15, 0.2) is 0 Å². The second-order valence-corrected chi connectivity index (χ2v) is 6.51. The Morgan fingerprint density at radius 3 is 2.65 bits per heavy atom. The zero-order chi connectivity index (χ0) is 18.6. The summed E-state index contributed by atoms with van der Waals surface area (Å²) in [5, 5.41) is 2.67. The van der Waals surface area contributed by atoms with E-state index in [4.69, 9.17) is 9.47 Å². The van der Waals surface area contributed by atoms with Crippen LogP contribution in [-0.4, -0.2) is 21.7 Å². The summed E-state index contributed by atoms with van der Waals surface area (Å²) in [5.74, 6) is 0.895. The number of rotatable bonds is 4. The van der Waals surface area contributed by atoms with Gasteiger partial charge in [0.25, 0.3) is 0 Å². The van der Waals surface area contributed by atoms with Gasteiger partial charge >= 0.3 is 6.09 Å². The third kappa shape index (κ3) is 5.10. The van der Waals surface area contributed by atoms with Crippen LogP contribution in [-0.2, 0) is 4.74 Å². The van der Waals surface area contributed by atoms with Crippen LogP contribution in [0.2, 0.25) is 0 Å². The van der Waals surface area contributed by atoms with E-state index in [2.05, 4.69) is 37.2 Å². The molecule has 1 aliphatic rings. The van der Waals surface area contributed by atoms with Crippen molar-refractivity contribution in [2.45, 2.75) is 32.5 Å². The van der Waals surface area contributed by atoms with Gasteiger partial charge in [-0.15, -0.1) is 0 Å². The van der Waals surface area contributed by atoms with Crippen molar-refractivity contribution in [3.8, 4) is 11.6 Å². The summed E-state index contributed by atoms with van der Waals surface area (Å²) in [5.41, 5.74) is 12.0. The van der Waals surface area contributed by atoms with Gasteiger partial charge in [0, 0.05) is 17.8 Å². The number of amides is 1. The molecule has 1 aliphatic heterocycles. The van der Waals surface area contributed by atoms with Crippen molar-refractivity contribution in [2.24, 2.45) is 0 Å². The van der Waals surface area contributed by atoms with E-state index < -0.39 is 11.7 Å². The van der Waals surface area contributed by atoms with Crippen LogP contribution in [0.15, 0.2) is 36.7 Å². The molecule has 5 N–H and O–H groups in total. The molecule has 0 bridgehead atoms. The summed E-state index contributed by atoms with van der Waals surface area (Å²) < 4.78 is 11.0. The molecule has 2 heterocycles. The molecule has 0 atom stereocenters. The summed E-state index contributed by atoms with van der Waals surface area (Å²) in [4.78, 5) is 20.2. The number of hydrogen-bond donors (Lipinski definition) is 5. The quantitative estimate of drug-likeness (QED) is 0.555. The average molecular weight is 359 g/mol. The number of nitrogens with zero attached hydrogens (tertiary/aromatic N) is 2. The van der Waals surface area contributed by atoms with Crippen LogP contribution in [0.3, 0.4) is 0 Å². The fourth-order valence-electron chi connectivity index (χ4n) is 2.15. The topological polar surface area (TPSA) is 121 Å². The Morgan fingerprint density at radius 2 is 1.92 bits per heavy atom. The molecule has 1 amide bonds. The van der Waals surface area contributed by atoms with E-state index in [9.17, 15) is 4.79 Å². The van der Waals surface area contributed by atoms with Crippen molar-refractivity contribution < 1.29 is 14.3 Å². The van der Waals surface area contributed by atoms with Crippen LogP contribution in [0.25, 0.3) is 0 Å². The van der Waals surface area contributed by atoms with Gasteiger partial charge in [0.1, 0.15) is 23.8 Å². The van der Waals surface area contributed by atoms with E-state index in [1.165, 1.54) is 6.33 Å². The number of hydrogen-bond acceptors (Lipinski definition) is 9. The van der Waals surface area contributed by atoms with E-state index >= 15 is 0 Å². The van der Waals surface area contributed by atoms with Crippen LogP contribution in [0, 0.1) is 0 Å². The SMILES string of the molecule is CC(C)(C)OC(=O)Nc1cccc(Oc2cc(C3NNNN3)ncn2)c1. The molecular weight excluding hydrogens is 338 g/mol. The molecule has 1 aromatic carbocycles. The van der Waals surface area contributed by atoms with Crippen LogP contribution < -0.4 is 32.0 Å². The maximum Gasteiger partial charge on any atom is 0.412 e. The lowest BCUT2D eigenvalue weighted by atomic mass is 10.2. The second-order valence-electron chi connectivity index (χ2n) is 6.51. The van der Waals surface area contributed by atoms with Gasteiger partial charge in [-0.25, -0.2) is 25.6 Å². The Kier molecular flexibility index (Phi) is 5.28. The highest BCUT2D eigenvalue weighted by Gasteiger charge is 2.18. The van der Waals surface area contributed by atoms with Gasteiger partial charge in [-0.3, -0.25) is 5.32 Å². The second kappa shape index (κ2) is 7.62. The van der Waals surface area contributed by atoms with E-state index in [-0.39, 0.29) is 6.17 Å². The van der Waals surface area contributed by atoms with Gasteiger partial charge in [-0.1, -0.05) is 6.07 Å². The van der Waals surface area contributed by atoms with Crippen LogP contribution in [0.5, 0.6) is 11.6 Å². The first-order valence-electron chi connectivity index (χ1n) is 8.00. The number of ether oxygens (including phenoxy) is 2. The first kappa shape index (κ1) is 18.0. The number of carbonyl (C=O) groups excluding carboxylic acids is 1. The molecule has 2 aromatic rings. The summed E-state index contributed by atoms with van der Waals surface area (Å²) in [7, 11) is 0. The van der Waals surface area contributed by atoms with E-state index in [1.807, 2.05) is 0 Å². The van der Waals surface area contributed by atoms with Gasteiger partial charge in [-0.2, -0.15) is 11.1 Å². The van der Waals surface area contributed by atoms with Gasteiger partial charge < -0.3 is 9.47 Å². The first-order chi connectivity index (χ1) is 12.4. The van der Waals surface area contributed by atoms with Crippen LogP contribution in [0.4, 0.5) is 10.5 Å². The lowest BCUT2D eigenvalue weighted by Crippen LogP contribution is -2.33. The number of aromatic nitrogens is 2. The maximum absolute atomic E-state index is 11.9. The predicted molar refractivity (Wildman–Crippen MR) is 93.7 cm³/mol. The monoisotopic (exact) mass is 359 g/mol.